The maximum Gasteiger partial charge on any atom is 0.124 e. The molecular formula is C13H17NO. The van der Waals surface area contributed by atoms with Crippen LogP contribution in [0.2, 0.25) is 0 Å². The predicted octanol–water partition coefficient (Wildman–Crippen LogP) is 2.27. The largest absolute Gasteiger partial charge is 0.303 e. The third-order valence-electron chi connectivity index (χ3n) is 3.28. The molecule has 2 nitrogen and oxygen atoms in total. The highest BCUT2D eigenvalue weighted by molar-refractivity contribution is 5.54. The fourth-order valence-electron chi connectivity index (χ4n) is 2.22. The molecule has 0 aromatic heterocycles. The molecule has 1 fully saturated rings. The Balaban J connectivity index is 2.03. The van der Waals surface area contributed by atoms with E-state index in [0.29, 0.717) is 6.04 Å². The quantitative estimate of drug-likeness (QED) is 0.702. The predicted molar refractivity (Wildman–Crippen MR) is 60.6 cm³/mol. The molecule has 0 saturated carbocycles. The molecule has 1 aliphatic rings. The highest BCUT2D eigenvalue weighted by Crippen LogP contribution is 2.26. The monoisotopic (exact) mass is 203 g/mol. The second-order valence-corrected chi connectivity index (χ2v) is 4.27. The summed E-state index contributed by atoms with van der Waals surface area (Å²) in [6, 6.07) is 10.9. The summed E-state index contributed by atoms with van der Waals surface area (Å²) in [5.41, 5.74) is 1.34. The van der Waals surface area contributed by atoms with Crippen LogP contribution in [0.5, 0.6) is 0 Å². The highest BCUT2D eigenvalue weighted by Gasteiger charge is 2.25. The summed E-state index contributed by atoms with van der Waals surface area (Å²) in [5.74, 6) is 0.246. The van der Waals surface area contributed by atoms with Gasteiger partial charge in [0.1, 0.15) is 6.29 Å². The molecule has 0 N–H and O–H groups in total. The van der Waals surface area contributed by atoms with Crippen molar-refractivity contribution in [1.29, 1.82) is 0 Å². The van der Waals surface area contributed by atoms with E-state index in [1.165, 1.54) is 5.56 Å². The van der Waals surface area contributed by atoms with Crippen LogP contribution >= 0.6 is 0 Å². The molecule has 0 bridgehead atoms. The van der Waals surface area contributed by atoms with Gasteiger partial charge in [0.25, 0.3) is 0 Å². The maximum atomic E-state index is 10.7. The molecule has 0 amide bonds. The first-order valence-electron chi connectivity index (χ1n) is 5.55. The van der Waals surface area contributed by atoms with Crippen molar-refractivity contribution in [2.75, 3.05) is 13.1 Å². The number of nitrogens with zero attached hydrogens (tertiary/aromatic N) is 1. The van der Waals surface area contributed by atoms with E-state index in [1.54, 1.807) is 0 Å². The summed E-state index contributed by atoms with van der Waals surface area (Å²) in [6.45, 7) is 4.17. The molecule has 1 aromatic rings. The minimum atomic E-state index is 0.246. The van der Waals surface area contributed by atoms with E-state index >= 15 is 0 Å². The van der Waals surface area contributed by atoms with Crippen molar-refractivity contribution >= 4 is 6.29 Å². The van der Waals surface area contributed by atoms with Gasteiger partial charge in [0, 0.05) is 18.5 Å². The van der Waals surface area contributed by atoms with Crippen LogP contribution in [0.15, 0.2) is 30.3 Å². The number of hydrogen-bond donors (Lipinski definition) is 0. The Hall–Kier alpha value is -1.15. The van der Waals surface area contributed by atoms with E-state index < -0.39 is 0 Å². The fourth-order valence-corrected chi connectivity index (χ4v) is 2.22. The molecule has 0 unspecified atom stereocenters. The Morgan fingerprint density at radius 3 is 2.73 bits per heavy atom. The first-order chi connectivity index (χ1) is 7.31. The van der Waals surface area contributed by atoms with Gasteiger partial charge in [-0.1, -0.05) is 30.3 Å². The van der Waals surface area contributed by atoms with Gasteiger partial charge in [-0.05, 0) is 25.5 Å². The Morgan fingerprint density at radius 2 is 2.13 bits per heavy atom. The molecule has 2 heteroatoms. The van der Waals surface area contributed by atoms with Crippen molar-refractivity contribution in [3.63, 3.8) is 0 Å². The van der Waals surface area contributed by atoms with Crippen LogP contribution in [-0.4, -0.2) is 24.3 Å². The van der Waals surface area contributed by atoms with Crippen LogP contribution in [0.3, 0.4) is 0 Å². The summed E-state index contributed by atoms with van der Waals surface area (Å²) >= 11 is 0. The van der Waals surface area contributed by atoms with Gasteiger partial charge in [-0.25, -0.2) is 0 Å². The number of aldehydes is 1. The van der Waals surface area contributed by atoms with Gasteiger partial charge in [-0.3, -0.25) is 4.90 Å². The van der Waals surface area contributed by atoms with Gasteiger partial charge in [0.2, 0.25) is 0 Å². The molecule has 1 heterocycles. The summed E-state index contributed by atoms with van der Waals surface area (Å²) in [6.07, 6.45) is 2.11. The molecule has 0 aliphatic carbocycles. The third kappa shape index (κ3) is 2.26. The van der Waals surface area contributed by atoms with Crippen LogP contribution in [0.25, 0.3) is 0 Å². The lowest BCUT2D eigenvalue weighted by Gasteiger charge is -2.24. The van der Waals surface area contributed by atoms with E-state index in [4.69, 9.17) is 0 Å². The molecule has 0 radical (unpaired) electrons. The van der Waals surface area contributed by atoms with Crippen LogP contribution in [-0.2, 0) is 4.79 Å². The Labute approximate surface area is 90.9 Å². The molecule has 2 atom stereocenters. The molecule has 1 saturated heterocycles. The van der Waals surface area contributed by atoms with Crippen LogP contribution in [0.1, 0.15) is 24.9 Å². The number of carbonyl (C=O) groups is 1. The first-order valence-corrected chi connectivity index (χ1v) is 5.55. The molecule has 1 aromatic carbocycles. The van der Waals surface area contributed by atoms with Crippen molar-refractivity contribution in [3.8, 4) is 0 Å². The normalized spacial score (nSPS) is 23.9. The second-order valence-electron chi connectivity index (χ2n) is 4.27. The maximum absolute atomic E-state index is 10.7. The summed E-state index contributed by atoms with van der Waals surface area (Å²) in [7, 11) is 0. The Morgan fingerprint density at radius 1 is 1.40 bits per heavy atom. The van der Waals surface area contributed by atoms with Gasteiger partial charge < -0.3 is 4.79 Å². The van der Waals surface area contributed by atoms with E-state index in [0.717, 1.165) is 25.8 Å². The Kier molecular flexibility index (Phi) is 3.17. The van der Waals surface area contributed by atoms with Gasteiger partial charge in [-0.2, -0.15) is 0 Å². The lowest BCUT2D eigenvalue weighted by Crippen LogP contribution is -2.24. The van der Waals surface area contributed by atoms with Crippen LogP contribution in [0, 0.1) is 5.92 Å². The van der Waals surface area contributed by atoms with E-state index in [2.05, 4.69) is 36.1 Å². The summed E-state index contributed by atoms with van der Waals surface area (Å²) in [4.78, 5) is 13.1. The number of carbonyl (C=O) groups excluding carboxylic acids is 1. The SMILES string of the molecule is C[C@@H](c1ccccc1)N1CC[C@H](C=O)C1. The van der Waals surface area contributed by atoms with Gasteiger partial charge in [-0.15, -0.1) is 0 Å². The molecule has 15 heavy (non-hydrogen) atoms. The van der Waals surface area contributed by atoms with Crippen molar-refractivity contribution < 1.29 is 4.79 Å². The zero-order chi connectivity index (χ0) is 10.7. The summed E-state index contributed by atoms with van der Waals surface area (Å²) < 4.78 is 0. The number of likely N-dealkylation sites (tertiary alicyclic amines) is 1. The number of rotatable bonds is 3. The van der Waals surface area contributed by atoms with Crippen molar-refractivity contribution in [2.45, 2.75) is 19.4 Å². The molecule has 2 rings (SSSR count). The zero-order valence-corrected chi connectivity index (χ0v) is 9.10. The molecular weight excluding hydrogens is 186 g/mol. The number of benzene rings is 1. The Bertz CT molecular complexity index is 323. The van der Waals surface area contributed by atoms with E-state index in [9.17, 15) is 4.79 Å². The minimum absolute atomic E-state index is 0.246. The van der Waals surface area contributed by atoms with E-state index in [1.807, 2.05) is 6.07 Å². The minimum Gasteiger partial charge on any atom is -0.303 e. The average Bonchev–Trinajstić information content (AvgIpc) is 2.78. The lowest BCUT2D eigenvalue weighted by molar-refractivity contribution is -0.110. The zero-order valence-electron chi connectivity index (χ0n) is 9.10. The topological polar surface area (TPSA) is 20.3 Å². The third-order valence-corrected chi connectivity index (χ3v) is 3.28. The highest BCUT2D eigenvalue weighted by atomic mass is 16.1. The molecule has 0 spiro atoms. The van der Waals surface area contributed by atoms with Crippen LogP contribution in [0.4, 0.5) is 0 Å². The lowest BCUT2D eigenvalue weighted by atomic mass is 10.1. The van der Waals surface area contributed by atoms with Gasteiger partial charge in [0.05, 0.1) is 0 Å². The summed E-state index contributed by atoms with van der Waals surface area (Å²) in [5, 5.41) is 0. The smallest absolute Gasteiger partial charge is 0.124 e. The van der Waals surface area contributed by atoms with Crippen molar-refractivity contribution in [1.82, 2.24) is 4.90 Å². The standard InChI is InChI=1S/C13H17NO/c1-11(13-5-3-2-4-6-13)14-8-7-12(9-14)10-15/h2-6,10-12H,7-9H2,1H3/t11-,12-/m0/s1. The molecule has 1 aliphatic heterocycles. The van der Waals surface area contributed by atoms with E-state index in [-0.39, 0.29) is 5.92 Å². The molecule has 80 valence electrons. The number of hydrogen-bond acceptors (Lipinski definition) is 2. The van der Waals surface area contributed by atoms with Crippen molar-refractivity contribution in [3.05, 3.63) is 35.9 Å². The second kappa shape index (κ2) is 4.58. The average molecular weight is 203 g/mol. The fraction of sp³-hybridized carbons (Fsp3) is 0.462. The van der Waals surface area contributed by atoms with Crippen LogP contribution < -0.4 is 0 Å². The van der Waals surface area contributed by atoms with Gasteiger partial charge >= 0.3 is 0 Å². The first kappa shape index (κ1) is 10.4. The van der Waals surface area contributed by atoms with Gasteiger partial charge in [0.15, 0.2) is 0 Å². The van der Waals surface area contributed by atoms with Crippen molar-refractivity contribution in [2.24, 2.45) is 5.92 Å².